The first-order chi connectivity index (χ1) is 8.52. The Morgan fingerprint density at radius 1 is 1.28 bits per heavy atom. The van der Waals surface area contributed by atoms with Gasteiger partial charge >= 0.3 is 0 Å². The second kappa shape index (κ2) is 5.25. The van der Waals surface area contributed by atoms with Crippen molar-refractivity contribution in [3.63, 3.8) is 0 Å². The maximum Gasteiger partial charge on any atom is 0.223 e. The zero-order valence-electron chi connectivity index (χ0n) is 11.4. The molecule has 0 aromatic rings. The van der Waals surface area contributed by atoms with Crippen LogP contribution in [-0.4, -0.2) is 73.5 Å². The molecule has 0 atom stereocenters. The van der Waals surface area contributed by atoms with Gasteiger partial charge in [0.15, 0.2) is 0 Å². The van der Waals surface area contributed by atoms with Crippen molar-refractivity contribution in [2.45, 2.75) is 13.3 Å². The van der Waals surface area contributed by atoms with Gasteiger partial charge in [0, 0.05) is 52.2 Å². The number of likely N-dealkylation sites (tertiary alicyclic amines) is 1. The largest absolute Gasteiger partial charge is 0.340 e. The number of likely N-dealkylation sites (N-methyl/N-ethyl adjacent to an activating group) is 1. The molecule has 100 valence electrons. The van der Waals surface area contributed by atoms with E-state index in [-0.39, 0.29) is 11.3 Å². The van der Waals surface area contributed by atoms with Crippen LogP contribution < -0.4 is 0 Å². The van der Waals surface area contributed by atoms with Crippen molar-refractivity contribution in [1.29, 1.82) is 5.26 Å². The average molecular weight is 250 g/mol. The minimum Gasteiger partial charge on any atom is -0.340 e. The number of nitrogens with zero attached hydrogens (tertiary/aromatic N) is 4. The highest BCUT2D eigenvalue weighted by Crippen LogP contribution is 2.28. The third kappa shape index (κ3) is 3.01. The van der Waals surface area contributed by atoms with Crippen LogP contribution in [0.1, 0.15) is 13.3 Å². The Labute approximate surface area is 109 Å². The Bertz CT molecular complexity index is 348. The fourth-order valence-electron chi connectivity index (χ4n) is 2.64. The minimum atomic E-state index is -0.184. The fraction of sp³-hybridized carbons (Fsp3) is 0.846. The monoisotopic (exact) mass is 250 g/mol. The Morgan fingerprint density at radius 3 is 2.44 bits per heavy atom. The second-order valence-corrected chi connectivity index (χ2v) is 5.82. The third-order valence-corrected chi connectivity index (χ3v) is 3.91. The van der Waals surface area contributed by atoms with Crippen LogP contribution in [0.15, 0.2) is 0 Å². The van der Waals surface area contributed by atoms with Crippen LogP contribution >= 0.6 is 0 Å². The Hall–Kier alpha value is -1.12. The number of piperazine rings is 1. The molecular weight excluding hydrogens is 228 g/mol. The summed E-state index contributed by atoms with van der Waals surface area (Å²) in [6.07, 6.45) is 0.589. The van der Waals surface area contributed by atoms with Crippen molar-refractivity contribution in [3.05, 3.63) is 0 Å². The normalized spacial score (nSPS) is 24.4. The van der Waals surface area contributed by atoms with Crippen molar-refractivity contribution in [1.82, 2.24) is 14.7 Å². The summed E-state index contributed by atoms with van der Waals surface area (Å²) < 4.78 is 0. The summed E-state index contributed by atoms with van der Waals surface area (Å²) in [6, 6.07) is 2.32. The van der Waals surface area contributed by atoms with Crippen LogP contribution in [0.5, 0.6) is 0 Å². The number of hydrogen-bond donors (Lipinski definition) is 0. The smallest absolute Gasteiger partial charge is 0.223 e. The van der Waals surface area contributed by atoms with Crippen LogP contribution in [0, 0.1) is 16.7 Å². The van der Waals surface area contributed by atoms with Crippen LogP contribution in [-0.2, 0) is 4.79 Å². The molecule has 5 nitrogen and oxygen atoms in total. The molecule has 2 rings (SSSR count). The standard InChI is InChI=1S/C13H22N4O/c1-13(9-14)10-16(11-13)4-3-12(18)17-7-5-15(2)6-8-17/h3-8,10-11H2,1-2H3. The summed E-state index contributed by atoms with van der Waals surface area (Å²) in [5.74, 6) is 0.258. The predicted octanol–water partition coefficient (Wildman–Crippen LogP) is -0.00402. The molecule has 2 aliphatic rings. The molecule has 18 heavy (non-hydrogen) atoms. The zero-order valence-corrected chi connectivity index (χ0v) is 11.4. The molecule has 2 fully saturated rings. The number of amides is 1. The van der Waals surface area contributed by atoms with Gasteiger partial charge in [-0.05, 0) is 14.0 Å². The van der Waals surface area contributed by atoms with Gasteiger partial charge in [0.25, 0.3) is 0 Å². The van der Waals surface area contributed by atoms with E-state index in [1.807, 2.05) is 11.8 Å². The molecule has 0 radical (unpaired) electrons. The van der Waals surface area contributed by atoms with E-state index in [4.69, 9.17) is 5.26 Å². The molecule has 0 unspecified atom stereocenters. The second-order valence-electron chi connectivity index (χ2n) is 5.82. The number of nitriles is 1. The predicted molar refractivity (Wildman–Crippen MR) is 68.9 cm³/mol. The number of hydrogen-bond acceptors (Lipinski definition) is 4. The lowest BCUT2D eigenvalue weighted by Gasteiger charge is -2.43. The van der Waals surface area contributed by atoms with Gasteiger partial charge in [0.1, 0.15) is 0 Å². The first kappa shape index (κ1) is 13.3. The quantitative estimate of drug-likeness (QED) is 0.707. The Morgan fingerprint density at radius 2 is 1.89 bits per heavy atom. The van der Waals surface area contributed by atoms with E-state index in [0.717, 1.165) is 45.8 Å². The molecule has 0 N–H and O–H groups in total. The molecule has 0 aliphatic carbocycles. The number of carbonyl (C=O) groups is 1. The summed E-state index contributed by atoms with van der Waals surface area (Å²) in [5, 5.41) is 8.91. The van der Waals surface area contributed by atoms with Gasteiger partial charge in [-0.15, -0.1) is 0 Å². The van der Waals surface area contributed by atoms with E-state index >= 15 is 0 Å². The van der Waals surface area contributed by atoms with E-state index in [1.165, 1.54) is 0 Å². The maximum absolute atomic E-state index is 12.0. The highest BCUT2D eigenvalue weighted by molar-refractivity contribution is 5.76. The molecule has 1 amide bonds. The summed E-state index contributed by atoms with van der Waals surface area (Å²) in [6.45, 7) is 8.04. The van der Waals surface area contributed by atoms with Crippen molar-refractivity contribution >= 4 is 5.91 Å². The van der Waals surface area contributed by atoms with Gasteiger partial charge in [0.2, 0.25) is 5.91 Å². The molecule has 0 spiro atoms. The zero-order chi connectivity index (χ0) is 13.2. The third-order valence-electron chi connectivity index (χ3n) is 3.91. The lowest BCUT2D eigenvalue weighted by Crippen LogP contribution is -2.55. The molecule has 2 heterocycles. The van der Waals surface area contributed by atoms with Gasteiger partial charge in [-0.2, -0.15) is 5.26 Å². The van der Waals surface area contributed by atoms with Gasteiger partial charge in [0.05, 0.1) is 11.5 Å². The van der Waals surface area contributed by atoms with E-state index < -0.39 is 0 Å². The summed E-state index contributed by atoms with van der Waals surface area (Å²) >= 11 is 0. The summed E-state index contributed by atoms with van der Waals surface area (Å²) in [5.41, 5.74) is -0.184. The van der Waals surface area contributed by atoms with Crippen molar-refractivity contribution in [2.75, 3.05) is 52.9 Å². The Kier molecular flexibility index (Phi) is 3.88. The van der Waals surface area contributed by atoms with Crippen molar-refractivity contribution in [3.8, 4) is 6.07 Å². The van der Waals surface area contributed by atoms with E-state index in [9.17, 15) is 4.79 Å². The summed E-state index contributed by atoms with van der Waals surface area (Å²) in [7, 11) is 2.09. The van der Waals surface area contributed by atoms with Crippen LogP contribution in [0.4, 0.5) is 0 Å². The Balaban J connectivity index is 1.66. The molecule has 0 aromatic heterocycles. The molecule has 0 saturated carbocycles. The summed E-state index contributed by atoms with van der Waals surface area (Å²) in [4.78, 5) is 18.4. The van der Waals surface area contributed by atoms with Gasteiger partial charge in [-0.25, -0.2) is 0 Å². The van der Waals surface area contributed by atoms with E-state index in [0.29, 0.717) is 6.42 Å². The van der Waals surface area contributed by atoms with Crippen molar-refractivity contribution in [2.24, 2.45) is 5.41 Å². The van der Waals surface area contributed by atoms with E-state index in [1.54, 1.807) is 0 Å². The average Bonchev–Trinajstić information content (AvgIpc) is 2.33. The fourth-order valence-corrected chi connectivity index (χ4v) is 2.64. The molecule has 0 bridgehead atoms. The van der Waals surface area contributed by atoms with Crippen LogP contribution in [0.25, 0.3) is 0 Å². The van der Waals surface area contributed by atoms with Gasteiger partial charge in [-0.1, -0.05) is 0 Å². The van der Waals surface area contributed by atoms with Crippen LogP contribution in [0.2, 0.25) is 0 Å². The minimum absolute atomic E-state index is 0.184. The maximum atomic E-state index is 12.0. The van der Waals surface area contributed by atoms with Gasteiger partial charge in [-0.3, -0.25) is 9.69 Å². The first-order valence-electron chi connectivity index (χ1n) is 6.62. The van der Waals surface area contributed by atoms with Crippen LogP contribution in [0.3, 0.4) is 0 Å². The highest BCUT2D eigenvalue weighted by Gasteiger charge is 2.38. The SMILES string of the molecule is CN1CCN(C(=O)CCN2CC(C)(C#N)C2)CC1. The lowest BCUT2D eigenvalue weighted by atomic mass is 9.84. The van der Waals surface area contributed by atoms with Crippen molar-refractivity contribution < 1.29 is 4.79 Å². The topological polar surface area (TPSA) is 50.6 Å². The molecule has 2 saturated heterocycles. The first-order valence-corrected chi connectivity index (χ1v) is 6.62. The molecule has 2 aliphatic heterocycles. The number of rotatable bonds is 3. The molecule has 5 heteroatoms. The molecule has 0 aromatic carbocycles. The molecular formula is C13H22N4O. The lowest BCUT2D eigenvalue weighted by molar-refractivity contribution is -0.133. The highest BCUT2D eigenvalue weighted by atomic mass is 16.2. The van der Waals surface area contributed by atoms with Gasteiger partial charge < -0.3 is 9.80 Å². The number of carbonyl (C=O) groups excluding carboxylic acids is 1. The van der Waals surface area contributed by atoms with E-state index in [2.05, 4.69) is 22.9 Å².